The number of rotatable bonds is 4. The molecule has 0 fully saturated rings. The highest BCUT2D eigenvalue weighted by Crippen LogP contribution is 2.62. The Labute approximate surface area is 383 Å². The predicted octanol–water partition coefficient (Wildman–Crippen LogP) is 16.5. The fourth-order valence-corrected chi connectivity index (χ4v) is 13.3. The van der Waals surface area contributed by atoms with E-state index in [1.54, 1.807) is 0 Å². The number of para-hydroxylation sites is 2. The van der Waals surface area contributed by atoms with Crippen LogP contribution in [-0.2, 0) is 10.8 Å². The first-order chi connectivity index (χ1) is 32.0. The van der Waals surface area contributed by atoms with E-state index in [1.165, 1.54) is 104 Å². The average molecular weight is 847 g/mol. The van der Waals surface area contributed by atoms with Crippen molar-refractivity contribution in [1.29, 1.82) is 0 Å². The molecule has 0 amide bonds. The molecular weight excluding hydrogens is 805 g/mol. The highest BCUT2D eigenvalue weighted by molar-refractivity contribution is 7.99. The minimum absolute atomic E-state index is 0.157. The first-order valence-electron chi connectivity index (χ1n) is 22.7. The molecule has 2 nitrogen and oxygen atoms in total. The molecule has 1 spiro atoms. The quantitative estimate of drug-likeness (QED) is 0.174. The standard InChI is InChI=1S/C62H42N2S/c1-61(2)48-24-8-6-22-46(48)60-51(61)27-16-30-56(60)63(41-34-36-55-47(37-41)44-21-7-11-29-54(44)64(55)40-19-4-3-5-20-40)42-33-35-43-45-23-14-17-39-18-15-28-52(59(39)45)62(53(43)38-42)49-25-9-12-31-57(49)65-58-32-13-10-26-50(58)62/h3-38H,1-2H3. The third-order valence-electron chi connectivity index (χ3n) is 14.8. The van der Waals surface area contributed by atoms with Gasteiger partial charge in [0.05, 0.1) is 22.1 Å². The summed E-state index contributed by atoms with van der Waals surface area (Å²) >= 11 is 1.90. The van der Waals surface area contributed by atoms with Crippen LogP contribution in [0.1, 0.15) is 47.2 Å². The van der Waals surface area contributed by atoms with E-state index in [1.807, 2.05) is 11.8 Å². The Morgan fingerprint density at radius 1 is 0.415 bits per heavy atom. The Balaban J connectivity index is 1.10. The van der Waals surface area contributed by atoms with Crippen LogP contribution in [0, 0.1) is 0 Å². The van der Waals surface area contributed by atoms with Gasteiger partial charge in [-0.1, -0.05) is 177 Å². The van der Waals surface area contributed by atoms with Crippen LogP contribution in [0.25, 0.3) is 60.5 Å². The Hall–Kier alpha value is -7.59. The van der Waals surface area contributed by atoms with Crippen molar-refractivity contribution in [2.24, 2.45) is 0 Å². The van der Waals surface area contributed by atoms with Gasteiger partial charge in [-0.05, 0) is 128 Å². The molecular formula is C62H42N2S. The number of benzene rings is 10. The van der Waals surface area contributed by atoms with Crippen LogP contribution in [-0.4, -0.2) is 4.57 Å². The maximum atomic E-state index is 2.57. The smallest absolute Gasteiger partial charge is 0.0736 e. The fraction of sp³-hybridized carbons (Fsp3) is 0.0645. The van der Waals surface area contributed by atoms with Gasteiger partial charge in [0.2, 0.25) is 0 Å². The van der Waals surface area contributed by atoms with Crippen molar-refractivity contribution in [2.45, 2.75) is 34.5 Å². The van der Waals surface area contributed by atoms with Gasteiger partial charge in [-0.2, -0.15) is 0 Å². The molecule has 10 aromatic carbocycles. The summed E-state index contributed by atoms with van der Waals surface area (Å²) in [4.78, 5) is 5.17. The van der Waals surface area contributed by atoms with Gasteiger partial charge in [0.1, 0.15) is 0 Å². The van der Waals surface area contributed by atoms with Crippen molar-refractivity contribution < 1.29 is 0 Å². The van der Waals surface area contributed by atoms with E-state index < -0.39 is 5.41 Å². The molecule has 11 aromatic rings. The summed E-state index contributed by atoms with van der Waals surface area (Å²) in [5.41, 5.74) is 19.5. The number of nitrogens with zero attached hydrogens (tertiary/aromatic N) is 2. The second kappa shape index (κ2) is 13.5. The monoisotopic (exact) mass is 846 g/mol. The van der Waals surface area contributed by atoms with Gasteiger partial charge in [-0.25, -0.2) is 0 Å². The van der Waals surface area contributed by atoms with Gasteiger partial charge in [-0.15, -0.1) is 0 Å². The molecule has 0 saturated carbocycles. The van der Waals surface area contributed by atoms with E-state index in [0.717, 1.165) is 17.1 Å². The molecule has 2 heterocycles. The van der Waals surface area contributed by atoms with Gasteiger partial charge >= 0.3 is 0 Å². The molecule has 1 aliphatic heterocycles. The molecule has 2 aliphatic carbocycles. The molecule has 0 atom stereocenters. The van der Waals surface area contributed by atoms with Gasteiger partial charge in [-0.3, -0.25) is 0 Å². The molecule has 3 heteroatoms. The van der Waals surface area contributed by atoms with Crippen molar-refractivity contribution in [3.8, 4) is 27.9 Å². The summed E-state index contributed by atoms with van der Waals surface area (Å²) < 4.78 is 2.41. The first-order valence-corrected chi connectivity index (χ1v) is 23.5. The van der Waals surface area contributed by atoms with Crippen molar-refractivity contribution in [3.05, 3.63) is 252 Å². The van der Waals surface area contributed by atoms with Gasteiger partial charge in [0.15, 0.2) is 0 Å². The lowest BCUT2D eigenvalue weighted by Gasteiger charge is -2.46. The van der Waals surface area contributed by atoms with E-state index in [-0.39, 0.29) is 5.41 Å². The van der Waals surface area contributed by atoms with E-state index >= 15 is 0 Å². The molecule has 0 N–H and O–H groups in total. The lowest BCUT2D eigenvalue weighted by atomic mass is 9.59. The Bertz CT molecular complexity index is 3750. The Morgan fingerprint density at radius 3 is 1.83 bits per heavy atom. The molecule has 0 bridgehead atoms. The lowest BCUT2D eigenvalue weighted by molar-refractivity contribution is 0.660. The maximum Gasteiger partial charge on any atom is 0.0736 e. The van der Waals surface area contributed by atoms with Crippen LogP contribution in [0.15, 0.2) is 228 Å². The molecule has 0 unspecified atom stereocenters. The summed E-state index contributed by atoms with van der Waals surface area (Å²) in [6, 6.07) is 82.2. The number of fused-ring (bicyclic) bond motifs is 14. The van der Waals surface area contributed by atoms with E-state index in [2.05, 4.69) is 242 Å². The van der Waals surface area contributed by atoms with Crippen LogP contribution in [0.2, 0.25) is 0 Å². The summed E-state index contributed by atoms with van der Waals surface area (Å²) in [5.74, 6) is 0. The number of aromatic nitrogens is 1. The van der Waals surface area contributed by atoms with Crippen molar-refractivity contribution in [1.82, 2.24) is 4.57 Å². The summed E-state index contributed by atoms with van der Waals surface area (Å²) in [6.07, 6.45) is 0. The van der Waals surface area contributed by atoms with Crippen LogP contribution in [0.4, 0.5) is 17.1 Å². The number of hydrogen-bond donors (Lipinski definition) is 0. The summed E-state index contributed by atoms with van der Waals surface area (Å²) in [7, 11) is 0. The molecule has 3 aliphatic rings. The average Bonchev–Trinajstić information content (AvgIpc) is 3.81. The lowest BCUT2D eigenvalue weighted by Crippen LogP contribution is -2.36. The topological polar surface area (TPSA) is 8.17 Å². The molecule has 306 valence electrons. The van der Waals surface area contributed by atoms with Crippen LogP contribution >= 0.6 is 11.8 Å². The molecule has 0 saturated heterocycles. The summed E-state index contributed by atoms with van der Waals surface area (Å²) in [6.45, 7) is 4.76. The van der Waals surface area contributed by atoms with E-state index in [4.69, 9.17) is 0 Å². The fourth-order valence-electron chi connectivity index (χ4n) is 12.1. The zero-order valence-corrected chi connectivity index (χ0v) is 36.9. The SMILES string of the molecule is CC1(C)c2ccccc2-c2c(N(c3ccc4c(c3)C3(c5ccccc5Sc5ccccc53)c3cccc5cccc-4c35)c3ccc4c(c3)c3ccccc3n4-c3ccccc3)cccc21. The molecule has 0 radical (unpaired) electrons. The maximum absolute atomic E-state index is 2.57. The normalized spacial score (nSPS) is 14.5. The number of anilines is 3. The van der Waals surface area contributed by atoms with Crippen molar-refractivity contribution >= 4 is 61.4 Å². The summed E-state index contributed by atoms with van der Waals surface area (Å²) in [5, 5.41) is 5.07. The third kappa shape index (κ3) is 4.91. The highest BCUT2D eigenvalue weighted by Gasteiger charge is 2.49. The van der Waals surface area contributed by atoms with E-state index in [9.17, 15) is 0 Å². The van der Waals surface area contributed by atoms with Crippen molar-refractivity contribution in [2.75, 3.05) is 4.90 Å². The third-order valence-corrected chi connectivity index (χ3v) is 16.0. The molecule has 14 rings (SSSR count). The minimum Gasteiger partial charge on any atom is -0.310 e. The van der Waals surface area contributed by atoms with E-state index in [0.29, 0.717) is 0 Å². The van der Waals surface area contributed by atoms with Gasteiger partial charge in [0, 0.05) is 48.6 Å². The molecule has 1 aromatic heterocycles. The van der Waals surface area contributed by atoms with Crippen LogP contribution in [0.3, 0.4) is 0 Å². The largest absolute Gasteiger partial charge is 0.310 e. The molecule has 65 heavy (non-hydrogen) atoms. The second-order valence-corrected chi connectivity index (χ2v) is 19.5. The Morgan fingerprint density at radius 2 is 1.02 bits per heavy atom. The van der Waals surface area contributed by atoms with Crippen LogP contribution < -0.4 is 4.90 Å². The van der Waals surface area contributed by atoms with Gasteiger partial charge < -0.3 is 9.47 Å². The highest BCUT2D eigenvalue weighted by atomic mass is 32.2. The zero-order chi connectivity index (χ0) is 43.0. The first kappa shape index (κ1) is 36.8. The van der Waals surface area contributed by atoms with Crippen molar-refractivity contribution in [3.63, 3.8) is 0 Å². The minimum atomic E-state index is -0.566. The predicted molar refractivity (Wildman–Crippen MR) is 272 cm³/mol. The van der Waals surface area contributed by atoms with Gasteiger partial charge in [0.25, 0.3) is 0 Å². The number of hydrogen-bond acceptors (Lipinski definition) is 2. The second-order valence-electron chi connectivity index (χ2n) is 18.4. The van der Waals surface area contributed by atoms with Crippen LogP contribution in [0.5, 0.6) is 0 Å². The Kier molecular flexibility index (Phi) is 7.63. The zero-order valence-electron chi connectivity index (χ0n) is 36.1.